The van der Waals surface area contributed by atoms with Crippen molar-refractivity contribution in [1.29, 1.82) is 0 Å². The molecule has 3 N–H and O–H groups in total. The first-order valence-corrected chi connectivity index (χ1v) is 10.0. The molecule has 170 valence electrons. The van der Waals surface area contributed by atoms with Crippen molar-refractivity contribution < 1.29 is 28.9 Å². The summed E-state index contributed by atoms with van der Waals surface area (Å²) in [6.07, 6.45) is 2.52. The van der Waals surface area contributed by atoms with E-state index >= 15 is 0 Å². The number of allylic oxidation sites excluding steroid dienone is 4. The van der Waals surface area contributed by atoms with Gasteiger partial charge in [-0.05, 0) is 47.4 Å². The zero-order valence-electron chi connectivity index (χ0n) is 17.8. The minimum atomic E-state index is -1.31. The Balaban J connectivity index is 1.82. The highest BCUT2D eigenvalue weighted by Gasteiger charge is 2.26. The SMILES string of the molecule is COc1cccc(O)c1-c1cc(C(=O)N[C@H](C(=O)O)c2ccccc2)nn1C1=C=C=C(F)C=C1. The summed E-state index contributed by atoms with van der Waals surface area (Å²) in [5.74, 6) is -2.50. The maximum Gasteiger partial charge on any atom is 0.330 e. The van der Waals surface area contributed by atoms with Crippen LogP contribution in [0.4, 0.5) is 4.39 Å². The summed E-state index contributed by atoms with van der Waals surface area (Å²) in [6.45, 7) is 0. The predicted octanol–water partition coefficient (Wildman–Crippen LogP) is 3.84. The van der Waals surface area contributed by atoms with Crippen molar-refractivity contribution in [3.05, 3.63) is 95.3 Å². The number of halogens is 1. The first-order chi connectivity index (χ1) is 16.4. The van der Waals surface area contributed by atoms with E-state index in [2.05, 4.69) is 21.9 Å². The number of aromatic nitrogens is 2. The number of carboxylic acids is 1. The normalized spacial score (nSPS) is 13.1. The average molecular weight is 459 g/mol. The predicted molar refractivity (Wildman–Crippen MR) is 121 cm³/mol. The lowest BCUT2D eigenvalue weighted by Crippen LogP contribution is -2.34. The smallest absolute Gasteiger partial charge is 0.330 e. The van der Waals surface area contributed by atoms with Crippen molar-refractivity contribution in [3.63, 3.8) is 0 Å². The molecule has 0 spiro atoms. The van der Waals surface area contributed by atoms with E-state index in [1.54, 1.807) is 42.5 Å². The molecule has 1 aliphatic carbocycles. The Labute approximate surface area is 193 Å². The van der Waals surface area contributed by atoms with E-state index in [0.717, 1.165) is 6.08 Å². The van der Waals surface area contributed by atoms with E-state index in [1.807, 2.05) is 0 Å². The molecule has 1 aromatic heterocycles. The van der Waals surface area contributed by atoms with Crippen LogP contribution in [0.1, 0.15) is 22.1 Å². The number of phenolic OH excluding ortho intramolecular Hbond substituents is 1. The molecule has 0 fully saturated rings. The molecule has 34 heavy (non-hydrogen) atoms. The zero-order valence-corrected chi connectivity index (χ0v) is 17.8. The zero-order chi connectivity index (χ0) is 24.2. The van der Waals surface area contributed by atoms with Gasteiger partial charge >= 0.3 is 5.97 Å². The highest BCUT2D eigenvalue weighted by molar-refractivity contribution is 5.97. The second-order valence-electron chi connectivity index (χ2n) is 7.15. The number of hydrogen-bond acceptors (Lipinski definition) is 5. The minimum Gasteiger partial charge on any atom is -0.507 e. The molecule has 2 aromatic carbocycles. The van der Waals surface area contributed by atoms with E-state index in [0.29, 0.717) is 11.3 Å². The van der Waals surface area contributed by atoms with E-state index in [9.17, 15) is 24.2 Å². The van der Waals surface area contributed by atoms with Crippen LogP contribution in [0.3, 0.4) is 0 Å². The number of ether oxygens (including phenoxy) is 1. The molecule has 0 bridgehead atoms. The quantitative estimate of drug-likeness (QED) is 0.463. The van der Waals surface area contributed by atoms with Crippen molar-refractivity contribution in [2.24, 2.45) is 0 Å². The number of nitrogens with one attached hydrogen (secondary N) is 1. The van der Waals surface area contributed by atoms with E-state index in [-0.39, 0.29) is 28.4 Å². The molecule has 0 radical (unpaired) electrons. The van der Waals surface area contributed by atoms with Gasteiger partial charge in [-0.2, -0.15) is 9.49 Å². The van der Waals surface area contributed by atoms with Crippen LogP contribution in [0.5, 0.6) is 11.5 Å². The van der Waals surface area contributed by atoms with Gasteiger partial charge < -0.3 is 20.3 Å². The lowest BCUT2D eigenvalue weighted by molar-refractivity contribution is -0.139. The van der Waals surface area contributed by atoms with Crippen LogP contribution in [-0.4, -0.2) is 39.0 Å². The number of methoxy groups -OCH3 is 1. The van der Waals surface area contributed by atoms with Gasteiger partial charge in [0.15, 0.2) is 17.6 Å². The van der Waals surface area contributed by atoms with E-state index < -0.39 is 23.7 Å². The van der Waals surface area contributed by atoms with Crippen LogP contribution in [0.15, 0.2) is 84.0 Å². The van der Waals surface area contributed by atoms with Gasteiger partial charge in [0, 0.05) is 0 Å². The maximum atomic E-state index is 13.4. The summed E-state index contributed by atoms with van der Waals surface area (Å²) in [5.41, 5.74) is 5.86. The van der Waals surface area contributed by atoms with Gasteiger partial charge in [0.1, 0.15) is 17.2 Å². The van der Waals surface area contributed by atoms with Gasteiger partial charge in [0.05, 0.1) is 18.4 Å². The summed E-state index contributed by atoms with van der Waals surface area (Å²) >= 11 is 0. The third kappa shape index (κ3) is 4.38. The van der Waals surface area contributed by atoms with Crippen LogP contribution in [-0.2, 0) is 4.79 Å². The average Bonchev–Trinajstić information content (AvgIpc) is 3.28. The van der Waals surface area contributed by atoms with Gasteiger partial charge in [-0.15, -0.1) is 0 Å². The summed E-state index contributed by atoms with van der Waals surface area (Å²) in [5, 5.41) is 26.9. The molecule has 8 nitrogen and oxygen atoms in total. The fourth-order valence-corrected chi connectivity index (χ4v) is 3.42. The Bertz CT molecular complexity index is 1410. The fraction of sp³-hybridized carbons (Fsp3) is 0.0800. The maximum absolute atomic E-state index is 13.4. The topological polar surface area (TPSA) is 114 Å². The molecule has 0 saturated carbocycles. The van der Waals surface area contributed by atoms with Gasteiger partial charge in [0.2, 0.25) is 0 Å². The second-order valence-corrected chi connectivity index (χ2v) is 7.15. The number of phenols is 1. The van der Waals surface area contributed by atoms with Gasteiger partial charge in [-0.1, -0.05) is 36.4 Å². The number of rotatable bonds is 7. The number of carboxylic acid groups (broad SMARTS) is 1. The molecule has 1 amide bonds. The van der Waals surface area contributed by atoms with Crippen LogP contribution in [0.25, 0.3) is 17.0 Å². The molecule has 0 aliphatic heterocycles. The molecule has 9 heteroatoms. The Hall–Kier alpha value is -4.84. The molecule has 0 saturated heterocycles. The number of amides is 1. The molecule has 4 rings (SSSR count). The van der Waals surface area contributed by atoms with Crippen LogP contribution in [0.2, 0.25) is 0 Å². The monoisotopic (exact) mass is 459 g/mol. The Morgan fingerprint density at radius 2 is 1.88 bits per heavy atom. The summed E-state index contributed by atoms with van der Waals surface area (Å²) in [4.78, 5) is 24.8. The number of aromatic hydroxyl groups is 1. The third-order valence-electron chi connectivity index (χ3n) is 5.00. The third-order valence-corrected chi connectivity index (χ3v) is 5.00. The van der Waals surface area contributed by atoms with Crippen molar-refractivity contribution in [1.82, 2.24) is 15.1 Å². The first-order valence-electron chi connectivity index (χ1n) is 10.0. The largest absolute Gasteiger partial charge is 0.507 e. The number of carbonyl (C=O) groups is 2. The van der Waals surface area contributed by atoms with Gasteiger partial charge in [0.25, 0.3) is 5.91 Å². The molecule has 1 heterocycles. The Morgan fingerprint density at radius 3 is 2.53 bits per heavy atom. The van der Waals surface area contributed by atoms with E-state index in [4.69, 9.17) is 4.74 Å². The second kappa shape index (κ2) is 9.34. The molecular weight excluding hydrogens is 441 g/mol. The summed E-state index contributed by atoms with van der Waals surface area (Å²) < 4.78 is 20.0. The Kier molecular flexibility index (Phi) is 6.14. The van der Waals surface area contributed by atoms with Crippen LogP contribution >= 0.6 is 0 Å². The molecule has 1 aliphatic rings. The van der Waals surface area contributed by atoms with E-state index in [1.165, 1.54) is 30.0 Å². The first kappa shape index (κ1) is 22.4. The Morgan fingerprint density at radius 1 is 1.12 bits per heavy atom. The fourth-order valence-electron chi connectivity index (χ4n) is 3.42. The number of benzene rings is 2. The standard InChI is InChI=1S/C25H18FN3O5/c1-34-21-9-5-8-20(30)22(21)19-14-18(28-29(19)17-12-10-16(26)11-13-17)24(31)27-23(25(32)33)15-6-3-2-4-7-15/h2-10,12,14,23,30H,1H3,(H,27,31)(H,32,33)/t23-/m0/s1. The molecule has 3 aromatic rings. The summed E-state index contributed by atoms with van der Waals surface area (Å²) in [7, 11) is 1.42. The molecule has 0 unspecified atom stereocenters. The lowest BCUT2D eigenvalue weighted by Gasteiger charge is -2.13. The summed E-state index contributed by atoms with van der Waals surface area (Å²) in [6, 6.07) is 12.9. The van der Waals surface area contributed by atoms with Crippen molar-refractivity contribution in [2.75, 3.05) is 7.11 Å². The van der Waals surface area contributed by atoms with Crippen molar-refractivity contribution in [2.45, 2.75) is 6.04 Å². The van der Waals surface area contributed by atoms with Crippen molar-refractivity contribution >= 4 is 17.6 Å². The van der Waals surface area contributed by atoms with Gasteiger partial charge in [-0.25, -0.2) is 9.48 Å². The van der Waals surface area contributed by atoms with Crippen LogP contribution in [0, 0.1) is 0 Å². The van der Waals surface area contributed by atoms with Crippen molar-refractivity contribution in [3.8, 4) is 22.8 Å². The molecule has 1 atom stereocenters. The number of aliphatic carboxylic acids is 1. The highest BCUT2D eigenvalue weighted by atomic mass is 19.1. The highest BCUT2D eigenvalue weighted by Crippen LogP contribution is 2.39. The number of nitrogens with zero attached hydrogens (tertiary/aromatic N) is 2. The van der Waals surface area contributed by atoms with Crippen LogP contribution < -0.4 is 10.1 Å². The lowest BCUT2D eigenvalue weighted by atomic mass is 10.1. The molecular formula is C25H18FN3O5. The number of hydrogen-bond donors (Lipinski definition) is 3. The minimum absolute atomic E-state index is 0.139. The number of carbonyl (C=O) groups excluding carboxylic acids is 1. The van der Waals surface area contributed by atoms with Gasteiger partial charge in [-0.3, -0.25) is 4.79 Å².